The van der Waals surface area contributed by atoms with Crippen LogP contribution in [0.1, 0.15) is 18.3 Å². The Morgan fingerprint density at radius 1 is 1.35 bits per heavy atom. The van der Waals surface area contributed by atoms with Gasteiger partial charge in [-0.2, -0.15) is 0 Å². The second-order valence-electron chi connectivity index (χ2n) is 3.81. The van der Waals surface area contributed by atoms with E-state index in [9.17, 15) is 0 Å². The molecule has 0 aliphatic heterocycles. The Bertz CT molecular complexity index is 531. The molecule has 0 aliphatic carbocycles. The quantitative estimate of drug-likeness (QED) is 0.860. The number of hydrogen-bond acceptors (Lipinski definition) is 5. The maximum atomic E-state index is 4.55. The minimum atomic E-state index is 0.799. The summed E-state index contributed by atoms with van der Waals surface area (Å²) in [5.74, 6) is 1.67. The van der Waals surface area contributed by atoms with Gasteiger partial charge in [-0.05, 0) is 6.92 Å². The van der Waals surface area contributed by atoms with Crippen LogP contribution in [0.2, 0.25) is 0 Å². The van der Waals surface area contributed by atoms with E-state index < -0.39 is 0 Å². The molecular weight excluding hydrogens is 216 g/mol. The number of aryl methyl sites for hydroxylation is 2. The molecule has 0 saturated carbocycles. The van der Waals surface area contributed by atoms with E-state index in [-0.39, 0.29) is 0 Å². The lowest BCUT2D eigenvalue weighted by molar-refractivity contribution is 0.718. The lowest BCUT2D eigenvalue weighted by Crippen LogP contribution is -2.06. The lowest BCUT2D eigenvalue weighted by atomic mass is 10.2. The molecule has 0 atom stereocenters. The molecule has 2 aromatic heterocycles. The van der Waals surface area contributed by atoms with Gasteiger partial charge < -0.3 is 5.32 Å². The van der Waals surface area contributed by atoms with Crippen molar-refractivity contribution in [1.82, 2.24) is 25.0 Å². The Morgan fingerprint density at radius 3 is 2.65 bits per heavy atom. The summed E-state index contributed by atoms with van der Waals surface area (Å²) >= 11 is 0. The van der Waals surface area contributed by atoms with Crippen LogP contribution in [-0.2, 0) is 13.5 Å². The van der Waals surface area contributed by atoms with Crippen molar-refractivity contribution in [3.8, 4) is 11.4 Å². The predicted molar refractivity (Wildman–Crippen MR) is 65.7 cm³/mol. The number of nitrogens with one attached hydrogen (secondary N) is 1. The molecule has 2 rings (SSSR count). The van der Waals surface area contributed by atoms with E-state index in [1.807, 2.05) is 27.9 Å². The van der Waals surface area contributed by atoms with Crippen LogP contribution in [-0.4, -0.2) is 32.0 Å². The zero-order chi connectivity index (χ0) is 12.4. The van der Waals surface area contributed by atoms with Crippen LogP contribution in [0.5, 0.6) is 0 Å². The molecule has 0 unspecified atom stereocenters. The van der Waals surface area contributed by atoms with Crippen molar-refractivity contribution < 1.29 is 0 Å². The number of hydrogen-bond donors (Lipinski definition) is 1. The Hall–Kier alpha value is -1.98. The molecule has 0 amide bonds. The maximum absolute atomic E-state index is 4.55. The molecule has 0 aliphatic rings. The van der Waals surface area contributed by atoms with Crippen molar-refractivity contribution in [2.24, 2.45) is 7.05 Å². The van der Waals surface area contributed by atoms with Gasteiger partial charge >= 0.3 is 0 Å². The first kappa shape index (κ1) is 11.5. The summed E-state index contributed by atoms with van der Waals surface area (Å²) in [5.41, 5.74) is 2.79. The maximum Gasteiger partial charge on any atom is 0.133 e. The highest BCUT2D eigenvalue weighted by Crippen LogP contribution is 2.24. The minimum Gasteiger partial charge on any atom is -0.373 e. The van der Waals surface area contributed by atoms with Crippen molar-refractivity contribution in [2.45, 2.75) is 20.3 Å². The lowest BCUT2D eigenvalue weighted by Gasteiger charge is -2.11. The summed E-state index contributed by atoms with van der Waals surface area (Å²) in [6.45, 7) is 4.03. The van der Waals surface area contributed by atoms with Crippen molar-refractivity contribution in [3.63, 3.8) is 0 Å². The van der Waals surface area contributed by atoms with Gasteiger partial charge in [-0.1, -0.05) is 12.1 Å². The van der Waals surface area contributed by atoms with Crippen molar-refractivity contribution >= 4 is 5.82 Å². The third-order valence-electron chi connectivity index (χ3n) is 2.70. The fraction of sp³-hybridized carbons (Fsp3) is 0.455. The number of aromatic nitrogens is 5. The van der Waals surface area contributed by atoms with Crippen molar-refractivity contribution in [3.05, 3.63) is 17.6 Å². The van der Waals surface area contributed by atoms with Gasteiger partial charge in [0.05, 0.1) is 11.9 Å². The summed E-state index contributed by atoms with van der Waals surface area (Å²) in [7, 11) is 3.72. The van der Waals surface area contributed by atoms with E-state index in [1.54, 1.807) is 10.9 Å². The average molecular weight is 232 g/mol. The molecule has 0 radical (unpaired) electrons. The highest BCUT2D eigenvalue weighted by Gasteiger charge is 2.14. The van der Waals surface area contributed by atoms with Gasteiger partial charge in [0.2, 0.25) is 0 Å². The summed E-state index contributed by atoms with van der Waals surface area (Å²) in [4.78, 5) is 8.99. The zero-order valence-corrected chi connectivity index (χ0v) is 10.5. The fourth-order valence-corrected chi connectivity index (χ4v) is 1.72. The van der Waals surface area contributed by atoms with E-state index in [2.05, 4.69) is 25.6 Å². The van der Waals surface area contributed by atoms with Gasteiger partial charge in [-0.25, -0.2) is 14.6 Å². The van der Waals surface area contributed by atoms with Crippen LogP contribution in [0.15, 0.2) is 6.20 Å². The summed E-state index contributed by atoms with van der Waals surface area (Å²) < 4.78 is 1.72. The first-order valence-electron chi connectivity index (χ1n) is 5.57. The molecule has 0 fully saturated rings. The normalized spacial score (nSPS) is 10.6. The SMILES string of the molecule is CCc1nc(NC)c(C)c(-c2cnnn2C)n1. The molecule has 0 spiro atoms. The van der Waals surface area contributed by atoms with E-state index in [0.29, 0.717) is 0 Å². The molecular formula is C11H16N6. The summed E-state index contributed by atoms with van der Waals surface area (Å²) in [5, 5.41) is 10.9. The number of rotatable bonds is 3. The molecule has 1 N–H and O–H groups in total. The topological polar surface area (TPSA) is 68.5 Å². The van der Waals surface area contributed by atoms with Crippen LogP contribution in [0, 0.1) is 6.92 Å². The summed E-state index contributed by atoms with van der Waals surface area (Å²) in [6.07, 6.45) is 2.52. The Balaban J connectivity index is 2.64. The van der Waals surface area contributed by atoms with Crippen LogP contribution >= 0.6 is 0 Å². The molecule has 6 heteroatoms. The molecule has 0 aromatic carbocycles. The van der Waals surface area contributed by atoms with Crippen molar-refractivity contribution in [2.75, 3.05) is 12.4 Å². The highest BCUT2D eigenvalue weighted by atomic mass is 15.4. The molecule has 2 aromatic rings. The van der Waals surface area contributed by atoms with Crippen LogP contribution in [0.25, 0.3) is 11.4 Å². The van der Waals surface area contributed by atoms with Crippen LogP contribution in [0.3, 0.4) is 0 Å². The molecule has 0 saturated heterocycles. The van der Waals surface area contributed by atoms with Gasteiger partial charge in [-0.15, -0.1) is 5.10 Å². The second-order valence-corrected chi connectivity index (χ2v) is 3.81. The highest BCUT2D eigenvalue weighted by molar-refractivity contribution is 5.64. The Kier molecular flexibility index (Phi) is 3.03. The van der Waals surface area contributed by atoms with E-state index >= 15 is 0 Å². The monoisotopic (exact) mass is 232 g/mol. The van der Waals surface area contributed by atoms with Gasteiger partial charge in [0.1, 0.15) is 17.3 Å². The third kappa shape index (κ3) is 1.98. The van der Waals surface area contributed by atoms with Gasteiger partial charge in [-0.3, -0.25) is 0 Å². The fourth-order valence-electron chi connectivity index (χ4n) is 1.72. The largest absolute Gasteiger partial charge is 0.373 e. The van der Waals surface area contributed by atoms with E-state index in [1.165, 1.54) is 0 Å². The Morgan fingerprint density at radius 2 is 2.12 bits per heavy atom. The first-order chi connectivity index (χ1) is 8.17. The molecule has 6 nitrogen and oxygen atoms in total. The third-order valence-corrected chi connectivity index (χ3v) is 2.70. The van der Waals surface area contributed by atoms with E-state index in [4.69, 9.17) is 0 Å². The standard InChI is InChI=1S/C11H16N6/c1-5-9-14-10(7(2)11(12-3)15-9)8-6-13-16-17(8)4/h6H,5H2,1-4H3,(H,12,14,15). The van der Waals surface area contributed by atoms with Gasteiger partial charge in [0.25, 0.3) is 0 Å². The van der Waals surface area contributed by atoms with E-state index in [0.717, 1.165) is 35.0 Å². The minimum absolute atomic E-state index is 0.799. The van der Waals surface area contributed by atoms with Crippen LogP contribution < -0.4 is 5.32 Å². The average Bonchev–Trinajstić information content (AvgIpc) is 2.76. The first-order valence-corrected chi connectivity index (χ1v) is 5.57. The van der Waals surface area contributed by atoms with Gasteiger partial charge in [0, 0.05) is 26.1 Å². The molecule has 17 heavy (non-hydrogen) atoms. The zero-order valence-electron chi connectivity index (χ0n) is 10.5. The van der Waals surface area contributed by atoms with Gasteiger partial charge in [0.15, 0.2) is 0 Å². The van der Waals surface area contributed by atoms with Crippen molar-refractivity contribution in [1.29, 1.82) is 0 Å². The Labute approximate surface area is 100 Å². The second kappa shape index (κ2) is 4.48. The number of anilines is 1. The molecule has 2 heterocycles. The smallest absolute Gasteiger partial charge is 0.133 e. The molecule has 0 bridgehead atoms. The predicted octanol–water partition coefficient (Wildman–Crippen LogP) is 1.18. The summed E-state index contributed by atoms with van der Waals surface area (Å²) in [6, 6.07) is 0. The number of nitrogens with zero attached hydrogens (tertiary/aromatic N) is 5. The molecule has 90 valence electrons. The van der Waals surface area contributed by atoms with Crippen LogP contribution in [0.4, 0.5) is 5.82 Å².